The molecule has 182 valence electrons. The van der Waals surface area contributed by atoms with Gasteiger partial charge in [-0.3, -0.25) is 9.59 Å². The molecule has 1 aliphatic heterocycles. The van der Waals surface area contributed by atoms with E-state index in [2.05, 4.69) is 36.3 Å². The van der Waals surface area contributed by atoms with E-state index in [1.165, 1.54) is 0 Å². The van der Waals surface area contributed by atoms with Crippen LogP contribution in [0.1, 0.15) is 53.0 Å². The van der Waals surface area contributed by atoms with Crippen LogP contribution in [0.2, 0.25) is 0 Å². The number of ether oxygens (including phenoxy) is 1. The Labute approximate surface area is 215 Å². The van der Waals surface area contributed by atoms with Crippen LogP contribution in [0.5, 0.6) is 5.75 Å². The number of nitrogens with zero attached hydrogens (tertiary/aromatic N) is 2. The second kappa shape index (κ2) is 8.41. The fourth-order valence-corrected chi connectivity index (χ4v) is 6.64. The Balaban J connectivity index is 1.32. The summed E-state index contributed by atoms with van der Waals surface area (Å²) in [6, 6.07) is 28.5. The van der Waals surface area contributed by atoms with Crippen molar-refractivity contribution in [1.29, 1.82) is 0 Å². The molecule has 0 saturated carbocycles. The van der Waals surface area contributed by atoms with E-state index in [0.29, 0.717) is 12.4 Å². The van der Waals surface area contributed by atoms with Crippen molar-refractivity contribution in [3.05, 3.63) is 113 Å². The first-order valence-corrected chi connectivity index (χ1v) is 12.9. The van der Waals surface area contributed by atoms with E-state index >= 15 is 0 Å². The molecule has 2 bridgehead atoms. The normalized spacial score (nSPS) is 23.4. The summed E-state index contributed by atoms with van der Waals surface area (Å²) in [6.45, 7) is 2.63. The van der Waals surface area contributed by atoms with Crippen LogP contribution >= 0.6 is 0 Å². The molecular formula is C32H26N2O3. The van der Waals surface area contributed by atoms with Gasteiger partial charge in [-0.15, -0.1) is 0 Å². The number of hydrogen-bond donors (Lipinski definition) is 0. The first kappa shape index (κ1) is 22.0. The SMILES string of the molecule is CCCOc1ccc2ccccc2c1/C=N\N1C(=O)[C@H]2C3c4ccccc4C(c4ccccc43)[C@@H]2C1=O. The zero-order valence-electron chi connectivity index (χ0n) is 20.5. The summed E-state index contributed by atoms with van der Waals surface area (Å²) < 4.78 is 6.01. The van der Waals surface area contributed by atoms with Gasteiger partial charge in [0.05, 0.1) is 24.7 Å². The molecule has 8 rings (SSSR count). The van der Waals surface area contributed by atoms with Crippen molar-refractivity contribution in [3.63, 3.8) is 0 Å². The largest absolute Gasteiger partial charge is 0.493 e. The van der Waals surface area contributed by atoms with Crippen LogP contribution in [0.3, 0.4) is 0 Å². The Morgan fingerprint density at radius 1 is 0.757 bits per heavy atom. The standard InChI is InChI=1S/C32H26N2O3/c1-2-17-37-26-16-15-19-9-3-4-10-20(19)25(26)18-33-34-31(35)29-27-21-11-5-6-12-22(21)28(30(29)32(34)36)24-14-8-7-13-23(24)27/h3-16,18,27-30H,2,17H2,1H3/b33-18-/t27?,28?,29-,30-/m0/s1. The molecule has 0 N–H and O–H groups in total. The van der Waals surface area contributed by atoms with Gasteiger partial charge in [-0.2, -0.15) is 10.1 Å². The van der Waals surface area contributed by atoms with Gasteiger partial charge in [0.25, 0.3) is 11.8 Å². The Morgan fingerprint density at radius 2 is 1.30 bits per heavy atom. The van der Waals surface area contributed by atoms with Gasteiger partial charge in [0, 0.05) is 17.4 Å². The van der Waals surface area contributed by atoms with E-state index < -0.39 is 11.8 Å². The van der Waals surface area contributed by atoms with Crippen molar-refractivity contribution in [2.24, 2.45) is 16.9 Å². The lowest BCUT2D eigenvalue weighted by Crippen LogP contribution is -2.41. The molecular weight excluding hydrogens is 460 g/mol. The Morgan fingerprint density at radius 3 is 1.86 bits per heavy atom. The van der Waals surface area contributed by atoms with E-state index in [-0.39, 0.29) is 23.7 Å². The molecule has 4 aliphatic rings. The molecule has 5 nitrogen and oxygen atoms in total. The zero-order chi connectivity index (χ0) is 25.1. The second-order valence-electron chi connectivity index (χ2n) is 10.0. The molecule has 37 heavy (non-hydrogen) atoms. The highest BCUT2D eigenvalue weighted by molar-refractivity contribution is 6.09. The third kappa shape index (κ3) is 3.13. The summed E-state index contributed by atoms with van der Waals surface area (Å²) in [4.78, 5) is 27.7. The predicted molar refractivity (Wildman–Crippen MR) is 143 cm³/mol. The molecule has 4 aromatic carbocycles. The molecule has 5 heteroatoms. The highest BCUT2D eigenvalue weighted by atomic mass is 16.5. The molecule has 4 aromatic rings. The summed E-state index contributed by atoms with van der Waals surface area (Å²) >= 11 is 0. The number of carbonyl (C=O) groups is 2. The first-order valence-electron chi connectivity index (χ1n) is 12.9. The predicted octanol–water partition coefficient (Wildman–Crippen LogP) is 5.85. The Kier molecular flexibility index (Phi) is 5.00. The van der Waals surface area contributed by atoms with Gasteiger partial charge < -0.3 is 4.74 Å². The van der Waals surface area contributed by atoms with Crippen LogP contribution < -0.4 is 4.74 Å². The van der Waals surface area contributed by atoms with Gasteiger partial charge in [-0.25, -0.2) is 0 Å². The van der Waals surface area contributed by atoms with E-state index in [0.717, 1.165) is 50.0 Å². The molecule has 1 heterocycles. The fraction of sp³-hybridized carbons (Fsp3) is 0.219. The second-order valence-corrected chi connectivity index (χ2v) is 10.0. The highest BCUT2D eigenvalue weighted by Crippen LogP contribution is 2.60. The van der Waals surface area contributed by atoms with E-state index in [1.807, 2.05) is 60.7 Å². The van der Waals surface area contributed by atoms with Crippen molar-refractivity contribution in [2.45, 2.75) is 25.2 Å². The molecule has 2 atom stereocenters. The minimum absolute atomic E-state index is 0.139. The number of fused-ring (bicyclic) bond motifs is 1. The number of benzene rings is 4. The number of hydrazone groups is 1. The Bertz CT molecular complexity index is 1490. The van der Waals surface area contributed by atoms with E-state index in [4.69, 9.17) is 4.74 Å². The molecule has 2 amide bonds. The average Bonchev–Trinajstić information content (AvgIpc) is 3.20. The summed E-state index contributed by atoms with van der Waals surface area (Å²) in [5, 5.41) is 7.69. The van der Waals surface area contributed by atoms with Crippen molar-refractivity contribution in [2.75, 3.05) is 6.61 Å². The quantitative estimate of drug-likeness (QED) is 0.262. The monoisotopic (exact) mass is 486 g/mol. The number of rotatable bonds is 5. The minimum Gasteiger partial charge on any atom is -0.493 e. The summed E-state index contributed by atoms with van der Waals surface area (Å²) in [7, 11) is 0. The third-order valence-corrected chi connectivity index (χ3v) is 8.12. The number of hydrogen-bond acceptors (Lipinski definition) is 4. The topological polar surface area (TPSA) is 59.0 Å². The summed E-state index contributed by atoms with van der Waals surface area (Å²) in [5.41, 5.74) is 5.40. The molecule has 1 saturated heterocycles. The van der Waals surface area contributed by atoms with Crippen LogP contribution in [0.15, 0.2) is 90.0 Å². The average molecular weight is 487 g/mol. The maximum atomic E-state index is 13.9. The van der Waals surface area contributed by atoms with Gasteiger partial charge in [0.1, 0.15) is 5.75 Å². The number of imide groups is 1. The third-order valence-electron chi connectivity index (χ3n) is 8.12. The lowest BCUT2D eigenvalue weighted by molar-refractivity contribution is -0.139. The van der Waals surface area contributed by atoms with Gasteiger partial charge in [0.2, 0.25) is 0 Å². The van der Waals surface area contributed by atoms with Crippen LogP contribution in [-0.4, -0.2) is 29.6 Å². The highest BCUT2D eigenvalue weighted by Gasteiger charge is 2.61. The van der Waals surface area contributed by atoms with Gasteiger partial charge in [-0.05, 0) is 45.5 Å². The minimum atomic E-state index is -0.442. The lowest BCUT2D eigenvalue weighted by atomic mass is 9.55. The molecule has 0 unspecified atom stereocenters. The van der Waals surface area contributed by atoms with Crippen molar-refractivity contribution < 1.29 is 14.3 Å². The molecule has 0 radical (unpaired) electrons. The van der Waals surface area contributed by atoms with Crippen molar-refractivity contribution in [3.8, 4) is 5.75 Å². The maximum Gasteiger partial charge on any atom is 0.254 e. The van der Waals surface area contributed by atoms with Gasteiger partial charge >= 0.3 is 0 Å². The fourth-order valence-electron chi connectivity index (χ4n) is 6.64. The van der Waals surface area contributed by atoms with Crippen LogP contribution in [0.4, 0.5) is 0 Å². The first-order chi connectivity index (χ1) is 18.2. The summed E-state index contributed by atoms with van der Waals surface area (Å²) in [6.07, 6.45) is 2.50. The smallest absolute Gasteiger partial charge is 0.254 e. The summed E-state index contributed by atoms with van der Waals surface area (Å²) in [5.74, 6) is -0.908. The van der Waals surface area contributed by atoms with E-state index in [1.54, 1.807) is 6.21 Å². The molecule has 1 fully saturated rings. The number of amides is 2. The van der Waals surface area contributed by atoms with Crippen molar-refractivity contribution in [1.82, 2.24) is 5.01 Å². The van der Waals surface area contributed by atoms with Gasteiger partial charge in [-0.1, -0.05) is 85.8 Å². The van der Waals surface area contributed by atoms with Crippen molar-refractivity contribution >= 4 is 28.8 Å². The molecule has 3 aliphatic carbocycles. The lowest BCUT2D eigenvalue weighted by Gasteiger charge is -2.45. The van der Waals surface area contributed by atoms with Crippen LogP contribution in [-0.2, 0) is 9.59 Å². The van der Waals surface area contributed by atoms with Crippen LogP contribution in [0.25, 0.3) is 10.8 Å². The van der Waals surface area contributed by atoms with E-state index in [9.17, 15) is 9.59 Å². The molecule has 0 aromatic heterocycles. The maximum absolute atomic E-state index is 13.9. The molecule has 0 spiro atoms. The zero-order valence-corrected chi connectivity index (χ0v) is 20.5. The van der Waals surface area contributed by atoms with Gasteiger partial charge in [0.15, 0.2) is 0 Å². The van der Waals surface area contributed by atoms with Crippen LogP contribution in [0, 0.1) is 11.8 Å². The number of carbonyl (C=O) groups excluding carboxylic acids is 2. The Hall–Kier alpha value is -4.25.